The highest BCUT2D eigenvalue weighted by Crippen LogP contribution is 2.25. The lowest BCUT2D eigenvalue weighted by molar-refractivity contribution is -0.0737. The Morgan fingerprint density at radius 1 is 1.38 bits per heavy atom. The second-order valence-corrected chi connectivity index (χ2v) is 6.09. The maximum absolute atomic E-state index is 14.4. The third kappa shape index (κ3) is 4.64. The molecule has 0 saturated carbocycles. The van der Waals surface area contributed by atoms with Gasteiger partial charge in [0.15, 0.2) is 5.82 Å². The minimum absolute atomic E-state index is 0.0425. The fraction of sp³-hybridized carbons (Fsp3) is 0.688. The minimum atomic E-state index is -0.363. The summed E-state index contributed by atoms with van der Waals surface area (Å²) in [5.41, 5.74) is 0.585. The molecule has 1 saturated heterocycles. The SMILES string of the molecule is CC(C)NCc1ccnc(OC2CC(C)OC(C)C2)c1F. The molecule has 2 heterocycles. The van der Waals surface area contributed by atoms with Gasteiger partial charge in [-0.05, 0) is 19.9 Å². The van der Waals surface area contributed by atoms with Crippen molar-refractivity contribution in [2.75, 3.05) is 0 Å². The van der Waals surface area contributed by atoms with E-state index in [0.717, 1.165) is 12.8 Å². The summed E-state index contributed by atoms with van der Waals surface area (Å²) in [6, 6.07) is 1.99. The Morgan fingerprint density at radius 2 is 2.05 bits per heavy atom. The third-order valence-corrected chi connectivity index (χ3v) is 3.57. The molecule has 2 atom stereocenters. The second-order valence-electron chi connectivity index (χ2n) is 6.09. The van der Waals surface area contributed by atoms with Crippen molar-refractivity contribution >= 4 is 0 Å². The Bertz CT molecular complexity index is 458. The largest absolute Gasteiger partial charge is 0.472 e. The number of hydrogen-bond acceptors (Lipinski definition) is 4. The number of nitrogens with one attached hydrogen (secondary N) is 1. The van der Waals surface area contributed by atoms with Crippen molar-refractivity contribution in [3.05, 3.63) is 23.6 Å². The zero-order valence-electron chi connectivity index (χ0n) is 13.2. The van der Waals surface area contributed by atoms with E-state index in [9.17, 15) is 4.39 Å². The van der Waals surface area contributed by atoms with Crippen LogP contribution in [0.3, 0.4) is 0 Å². The van der Waals surface area contributed by atoms with E-state index in [1.807, 2.05) is 27.7 Å². The van der Waals surface area contributed by atoms with Crippen molar-refractivity contribution in [2.45, 2.75) is 71.4 Å². The first-order chi connectivity index (χ1) is 9.95. The van der Waals surface area contributed by atoms with Gasteiger partial charge in [-0.2, -0.15) is 0 Å². The standard InChI is InChI=1S/C16H25FN2O2/c1-10(2)19-9-13-5-6-18-16(15(13)17)21-14-7-11(3)20-12(4)8-14/h5-6,10-12,14,19H,7-9H2,1-4H3. The molecule has 2 rings (SSSR count). The van der Waals surface area contributed by atoms with Crippen LogP contribution in [0.4, 0.5) is 4.39 Å². The maximum atomic E-state index is 14.4. The lowest BCUT2D eigenvalue weighted by Crippen LogP contribution is -2.36. The highest BCUT2D eigenvalue weighted by atomic mass is 19.1. The Morgan fingerprint density at radius 3 is 2.67 bits per heavy atom. The van der Waals surface area contributed by atoms with Gasteiger partial charge in [-0.1, -0.05) is 13.8 Å². The van der Waals surface area contributed by atoms with Crippen LogP contribution in [0, 0.1) is 5.82 Å². The average Bonchev–Trinajstić information content (AvgIpc) is 2.38. The summed E-state index contributed by atoms with van der Waals surface area (Å²) in [7, 11) is 0. The number of nitrogens with zero attached hydrogens (tertiary/aromatic N) is 1. The molecule has 1 aliphatic heterocycles. The minimum Gasteiger partial charge on any atom is -0.472 e. The van der Waals surface area contributed by atoms with Gasteiger partial charge in [0.1, 0.15) is 6.10 Å². The van der Waals surface area contributed by atoms with Crippen molar-refractivity contribution in [3.8, 4) is 5.88 Å². The molecule has 0 aliphatic carbocycles. The number of rotatable bonds is 5. The highest BCUT2D eigenvalue weighted by Gasteiger charge is 2.27. The summed E-state index contributed by atoms with van der Waals surface area (Å²) >= 11 is 0. The fourth-order valence-corrected chi connectivity index (χ4v) is 2.59. The van der Waals surface area contributed by atoms with E-state index in [-0.39, 0.29) is 30.0 Å². The topological polar surface area (TPSA) is 43.4 Å². The van der Waals surface area contributed by atoms with E-state index in [1.165, 1.54) is 0 Å². The summed E-state index contributed by atoms with van der Waals surface area (Å²) in [4.78, 5) is 4.04. The Kier molecular flexibility index (Phi) is 5.53. The molecular formula is C16H25FN2O2. The quantitative estimate of drug-likeness (QED) is 0.907. The van der Waals surface area contributed by atoms with E-state index in [1.54, 1.807) is 12.3 Å². The van der Waals surface area contributed by atoms with Crippen molar-refractivity contribution in [1.82, 2.24) is 10.3 Å². The molecule has 1 N–H and O–H groups in total. The smallest absolute Gasteiger partial charge is 0.250 e. The summed E-state index contributed by atoms with van der Waals surface area (Å²) in [6.45, 7) is 8.56. The number of pyridine rings is 1. The van der Waals surface area contributed by atoms with Crippen LogP contribution in [-0.4, -0.2) is 29.3 Å². The zero-order valence-corrected chi connectivity index (χ0v) is 13.2. The highest BCUT2D eigenvalue weighted by molar-refractivity contribution is 5.23. The molecule has 0 radical (unpaired) electrons. The molecule has 1 fully saturated rings. The van der Waals surface area contributed by atoms with Gasteiger partial charge in [0.2, 0.25) is 0 Å². The van der Waals surface area contributed by atoms with Gasteiger partial charge >= 0.3 is 0 Å². The van der Waals surface area contributed by atoms with Gasteiger partial charge in [-0.3, -0.25) is 0 Å². The molecule has 0 amide bonds. The molecule has 0 bridgehead atoms. The van der Waals surface area contributed by atoms with Crippen molar-refractivity contribution < 1.29 is 13.9 Å². The van der Waals surface area contributed by atoms with Crippen LogP contribution >= 0.6 is 0 Å². The first-order valence-electron chi connectivity index (χ1n) is 7.64. The lowest BCUT2D eigenvalue weighted by atomic mass is 10.0. The predicted octanol–water partition coefficient (Wildman–Crippen LogP) is 3.05. The van der Waals surface area contributed by atoms with Gasteiger partial charge in [0.05, 0.1) is 12.2 Å². The Labute approximate surface area is 126 Å². The van der Waals surface area contributed by atoms with Gasteiger partial charge in [0.25, 0.3) is 5.88 Å². The third-order valence-electron chi connectivity index (χ3n) is 3.57. The Balaban J connectivity index is 2.04. The predicted molar refractivity (Wildman–Crippen MR) is 79.8 cm³/mol. The molecular weight excluding hydrogens is 271 g/mol. The van der Waals surface area contributed by atoms with Crippen molar-refractivity contribution in [2.24, 2.45) is 0 Å². The first-order valence-corrected chi connectivity index (χ1v) is 7.64. The van der Waals surface area contributed by atoms with Gasteiger partial charge in [0, 0.05) is 37.2 Å². The molecule has 21 heavy (non-hydrogen) atoms. The molecule has 5 heteroatoms. The van der Waals surface area contributed by atoms with E-state index < -0.39 is 0 Å². The molecule has 4 nitrogen and oxygen atoms in total. The van der Waals surface area contributed by atoms with Crippen LogP contribution in [0.2, 0.25) is 0 Å². The van der Waals surface area contributed by atoms with Gasteiger partial charge in [-0.15, -0.1) is 0 Å². The van der Waals surface area contributed by atoms with E-state index in [4.69, 9.17) is 9.47 Å². The van der Waals surface area contributed by atoms with Crippen LogP contribution in [0.5, 0.6) is 5.88 Å². The van der Waals surface area contributed by atoms with Gasteiger partial charge in [-0.25, -0.2) is 9.37 Å². The summed E-state index contributed by atoms with van der Waals surface area (Å²) in [6.07, 6.45) is 3.35. The number of hydrogen-bond donors (Lipinski definition) is 1. The van der Waals surface area contributed by atoms with Crippen LogP contribution in [0.25, 0.3) is 0 Å². The van der Waals surface area contributed by atoms with Crippen LogP contribution in [0.1, 0.15) is 46.1 Å². The van der Waals surface area contributed by atoms with E-state index in [2.05, 4.69) is 10.3 Å². The molecule has 2 unspecified atom stereocenters. The lowest BCUT2D eigenvalue weighted by Gasteiger charge is -2.32. The second kappa shape index (κ2) is 7.18. The summed E-state index contributed by atoms with van der Waals surface area (Å²) < 4.78 is 25.9. The summed E-state index contributed by atoms with van der Waals surface area (Å²) in [5, 5.41) is 3.20. The monoisotopic (exact) mass is 296 g/mol. The molecule has 0 spiro atoms. The number of ether oxygens (including phenoxy) is 2. The van der Waals surface area contributed by atoms with E-state index >= 15 is 0 Å². The molecule has 118 valence electrons. The average molecular weight is 296 g/mol. The van der Waals surface area contributed by atoms with Crippen LogP contribution in [0.15, 0.2) is 12.3 Å². The van der Waals surface area contributed by atoms with Crippen molar-refractivity contribution in [3.63, 3.8) is 0 Å². The van der Waals surface area contributed by atoms with E-state index in [0.29, 0.717) is 18.2 Å². The maximum Gasteiger partial charge on any atom is 0.250 e. The number of aromatic nitrogens is 1. The van der Waals surface area contributed by atoms with Crippen molar-refractivity contribution in [1.29, 1.82) is 0 Å². The Hall–Kier alpha value is -1.20. The summed E-state index contributed by atoms with van der Waals surface area (Å²) in [5.74, 6) is -0.262. The molecule has 1 aromatic rings. The van der Waals surface area contributed by atoms with Crippen LogP contribution < -0.4 is 10.1 Å². The zero-order chi connectivity index (χ0) is 15.4. The fourth-order valence-electron chi connectivity index (χ4n) is 2.59. The molecule has 0 aromatic carbocycles. The normalized spacial score (nSPS) is 26.1. The first kappa shape index (κ1) is 16.2. The van der Waals surface area contributed by atoms with Gasteiger partial charge < -0.3 is 14.8 Å². The van der Waals surface area contributed by atoms with Crippen LogP contribution in [-0.2, 0) is 11.3 Å². The number of halogens is 1. The molecule has 1 aliphatic rings. The molecule has 1 aromatic heterocycles.